The first-order valence-corrected chi connectivity index (χ1v) is 8.21. The van der Waals surface area contributed by atoms with E-state index in [-0.39, 0.29) is 16.7 Å². The van der Waals surface area contributed by atoms with Gasteiger partial charge in [0.1, 0.15) is 6.61 Å². The number of nitrogens with zero attached hydrogens (tertiary/aromatic N) is 2. The standard InChI is InChI=1S/C18H16ClN3O4/c1-11(20-21-13-5-6-16(19)15(10-13)17(23)24)12-3-2-4-14(9-12)22-7-8-26-18(22)25/h2-6,9-10,21H,7-8H2,1H3,(H,23,24)/b20-11+. The summed E-state index contributed by atoms with van der Waals surface area (Å²) in [5, 5.41) is 13.5. The van der Waals surface area contributed by atoms with Crippen molar-refractivity contribution in [3.05, 3.63) is 58.6 Å². The Hall–Kier alpha value is -3.06. The van der Waals surface area contributed by atoms with Gasteiger partial charge >= 0.3 is 12.1 Å². The second-order valence-corrected chi connectivity index (χ2v) is 6.03. The zero-order valence-corrected chi connectivity index (χ0v) is 14.7. The van der Waals surface area contributed by atoms with E-state index in [9.17, 15) is 9.59 Å². The molecule has 134 valence electrons. The molecule has 2 aromatic rings. The summed E-state index contributed by atoms with van der Waals surface area (Å²) in [5.41, 5.74) is 5.56. The number of carbonyl (C=O) groups is 2. The number of hydrogen-bond acceptors (Lipinski definition) is 5. The molecule has 0 aliphatic carbocycles. The van der Waals surface area contributed by atoms with Crippen LogP contribution in [0.3, 0.4) is 0 Å². The van der Waals surface area contributed by atoms with Crippen LogP contribution >= 0.6 is 11.6 Å². The Balaban J connectivity index is 1.79. The molecule has 0 unspecified atom stereocenters. The van der Waals surface area contributed by atoms with Crippen LogP contribution in [0.1, 0.15) is 22.8 Å². The van der Waals surface area contributed by atoms with Gasteiger partial charge in [-0.2, -0.15) is 5.10 Å². The maximum atomic E-state index is 11.7. The van der Waals surface area contributed by atoms with Gasteiger partial charge in [-0.3, -0.25) is 10.3 Å². The molecule has 3 rings (SSSR count). The number of hydrogen-bond donors (Lipinski definition) is 2. The molecule has 26 heavy (non-hydrogen) atoms. The van der Waals surface area contributed by atoms with E-state index in [0.717, 1.165) is 11.3 Å². The molecule has 2 aromatic carbocycles. The third kappa shape index (κ3) is 3.78. The lowest BCUT2D eigenvalue weighted by molar-refractivity contribution is 0.0697. The first-order chi connectivity index (χ1) is 12.5. The summed E-state index contributed by atoms with van der Waals surface area (Å²) in [6.07, 6.45) is -0.364. The molecule has 1 amide bonds. The molecular formula is C18H16ClN3O4. The number of carboxylic acids is 1. The van der Waals surface area contributed by atoms with Crippen molar-refractivity contribution in [2.45, 2.75) is 6.92 Å². The summed E-state index contributed by atoms with van der Waals surface area (Å²) in [7, 11) is 0. The molecule has 8 heteroatoms. The predicted molar refractivity (Wildman–Crippen MR) is 99.4 cm³/mol. The highest BCUT2D eigenvalue weighted by atomic mass is 35.5. The number of amides is 1. The van der Waals surface area contributed by atoms with E-state index in [1.165, 1.54) is 12.1 Å². The maximum absolute atomic E-state index is 11.7. The van der Waals surface area contributed by atoms with Crippen molar-refractivity contribution in [1.82, 2.24) is 0 Å². The fourth-order valence-electron chi connectivity index (χ4n) is 2.50. The molecule has 0 radical (unpaired) electrons. The van der Waals surface area contributed by atoms with Crippen LogP contribution in [0.5, 0.6) is 0 Å². The summed E-state index contributed by atoms with van der Waals surface area (Å²) < 4.78 is 4.95. The number of carboxylic acid groups (broad SMARTS) is 1. The van der Waals surface area contributed by atoms with Gasteiger partial charge in [0.15, 0.2) is 0 Å². The van der Waals surface area contributed by atoms with Crippen molar-refractivity contribution in [1.29, 1.82) is 0 Å². The fourth-order valence-corrected chi connectivity index (χ4v) is 2.70. The quantitative estimate of drug-likeness (QED) is 0.614. The normalized spacial score (nSPS) is 14.3. The highest BCUT2D eigenvalue weighted by molar-refractivity contribution is 6.33. The number of anilines is 2. The number of cyclic esters (lactones) is 1. The number of nitrogens with one attached hydrogen (secondary N) is 1. The lowest BCUT2D eigenvalue weighted by Crippen LogP contribution is -2.23. The van der Waals surface area contributed by atoms with Gasteiger partial charge in [-0.1, -0.05) is 23.7 Å². The Labute approximate surface area is 154 Å². The van der Waals surface area contributed by atoms with Gasteiger partial charge < -0.3 is 9.84 Å². The predicted octanol–water partition coefficient (Wildman–Crippen LogP) is 3.83. The lowest BCUT2D eigenvalue weighted by atomic mass is 10.1. The van der Waals surface area contributed by atoms with E-state index >= 15 is 0 Å². The van der Waals surface area contributed by atoms with Gasteiger partial charge in [0.2, 0.25) is 0 Å². The van der Waals surface area contributed by atoms with Gasteiger partial charge in [-0.15, -0.1) is 0 Å². The summed E-state index contributed by atoms with van der Waals surface area (Å²) in [5.74, 6) is -1.11. The van der Waals surface area contributed by atoms with Crippen LogP contribution in [0.2, 0.25) is 5.02 Å². The smallest absolute Gasteiger partial charge is 0.414 e. The minimum absolute atomic E-state index is 0.000868. The van der Waals surface area contributed by atoms with Crippen molar-refractivity contribution >= 4 is 40.7 Å². The van der Waals surface area contributed by atoms with Gasteiger partial charge in [0, 0.05) is 5.69 Å². The summed E-state index contributed by atoms with van der Waals surface area (Å²) >= 11 is 5.85. The van der Waals surface area contributed by atoms with E-state index in [2.05, 4.69) is 10.5 Å². The zero-order valence-electron chi connectivity index (χ0n) is 13.9. The first kappa shape index (κ1) is 17.8. The summed E-state index contributed by atoms with van der Waals surface area (Å²) in [4.78, 5) is 24.4. The molecule has 1 saturated heterocycles. The number of ether oxygens (including phenoxy) is 1. The van der Waals surface area contributed by atoms with Gasteiger partial charge in [-0.25, -0.2) is 9.59 Å². The molecule has 1 aliphatic rings. The molecule has 1 aliphatic heterocycles. The molecule has 1 heterocycles. The molecule has 7 nitrogen and oxygen atoms in total. The number of benzene rings is 2. The number of hydrazone groups is 1. The summed E-state index contributed by atoms with van der Waals surface area (Å²) in [6.45, 7) is 2.70. The number of aromatic carboxylic acids is 1. The minimum atomic E-state index is -1.11. The van der Waals surface area contributed by atoms with Crippen LogP contribution in [-0.4, -0.2) is 36.0 Å². The van der Waals surface area contributed by atoms with Crippen LogP contribution in [0.25, 0.3) is 0 Å². The average Bonchev–Trinajstić information content (AvgIpc) is 3.06. The molecule has 0 bridgehead atoms. The number of rotatable bonds is 5. The number of carbonyl (C=O) groups excluding carboxylic acids is 1. The van der Waals surface area contributed by atoms with E-state index in [1.807, 2.05) is 31.2 Å². The van der Waals surface area contributed by atoms with Gasteiger partial charge in [0.25, 0.3) is 0 Å². The maximum Gasteiger partial charge on any atom is 0.414 e. The fraction of sp³-hybridized carbons (Fsp3) is 0.167. The van der Waals surface area contributed by atoms with E-state index < -0.39 is 5.97 Å². The van der Waals surface area contributed by atoms with Crippen LogP contribution < -0.4 is 10.3 Å². The molecule has 0 aromatic heterocycles. The topological polar surface area (TPSA) is 91.2 Å². The summed E-state index contributed by atoms with van der Waals surface area (Å²) in [6, 6.07) is 11.9. The Morgan fingerprint density at radius 2 is 2.12 bits per heavy atom. The Morgan fingerprint density at radius 1 is 1.31 bits per heavy atom. The molecule has 0 spiro atoms. The highest BCUT2D eigenvalue weighted by Crippen LogP contribution is 2.22. The molecule has 2 N–H and O–H groups in total. The monoisotopic (exact) mass is 373 g/mol. The minimum Gasteiger partial charge on any atom is -0.478 e. The van der Waals surface area contributed by atoms with Crippen LogP contribution in [-0.2, 0) is 4.74 Å². The van der Waals surface area contributed by atoms with E-state index in [4.69, 9.17) is 21.4 Å². The molecule has 0 saturated carbocycles. The Bertz CT molecular complexity index is 898. The number of halogens is 1. The Kier molecular flexibility index (Phi) is 5.09. The van der Waals surface area contributed by atoms with Crippen molar-refractivity contribution in [2.24, 2.45) is 5.10 Å². The second kappa shape index (κ2) is 7.45. The Morgan fingerprint density at radius 3 is 2.81 bits per heavy atom. The van der Waals surface area contributed by atoms with Crippen molar-refractivity contribution in [2.75, 3.05) is 23.5 Å². The molecule has 0 atom stereocenters. The SMILES string of the molecule is C/C(=N\Nc1ccc(Cl)c(C(=O)O)c1)c1cccc(N2CCOC2=O)c1. The average molecular weight is 374 g/mol. The van der Waals surface area contributed by atoms with Crippen LogP contribution in [0.15, 0.2) is 47.6 Å². The third-order valence-electron chi connectivity index (χ3n) is 3.89. The van der Waals surface area contributed by atoms with Crippen LogP contribution in [0.4, 0.5) is 16.2 Å². The zero-order chi connectivity index (χ0) is 18.7. The van der Waals surface area contributed by atoms with Crippen molar-refractivity contribution in [3.8, 4) is 0 Å². The van der Waals surface area contributed by atoms with Gasteiger partial charge in [0.05, 0.1) is 28.5 Å². The van der Waals surface area contributed by atoms with E-state index in [1.54, 1.807) is 11.0 Å². The largest absolute Gasteiger partial charge is 0.478 e. The van der Waals surface area contributed by atoms with Crippen molar-refractivity contribution < 1.29 is 19.4 Å². The lowest BCUT2D eigenvalue weighted by Gasteiger charge is -2.14. The van der Waals surface area contributed by atoms with Crippen molar-refractivity contribution in [3.63, 3.8) is 0 Å². The third-order valence-corrected chi connectivity index (χ3v) is 4.22. The molecule has 1 fully saturated rings. The second-order valence-electron chi connectivity index (χ2n) is 5.63. The molecular weight excluding hydrogens is 358 g/mol. The van der Waals surface area contributed by atoms with Crippen LogP contribution in [0, 0.1) is 0 Å². The first-order valence-electron chi connectivity index (χ1n) is 7.83. The van der Waals surface area contributed by atoms with Gasteiger partial charge in [-0.05, 0) is 42.8 Å². The highest BCUT2D eigenvalue weighted by Gasteiger charge is 2.23. The van der Waals surface area contributed by atoms with E-state index in [0.29, 0.717) is 24.6 Å².